The van der Waals surface area contributed by atoms with Gasteiger partial charge in [0.2, 0.25) is 0 Å². The minimum Gasteiger partial charge on any atom is -0.495 e. The molecule has 17 heavy (non-hydrogen) atoms. The van der Waals surface area contributed by atoms with Crippen LogP contribution in [-0.4, -0.2) is 29.6 Å². The Kier molecular flexibility index (Phi) is 3.42. The van der Waals surface area contributed by atoms with Gasteiger partial charge in [-0.1, -0.05) is 0 Å². The predicted octanol–water partition coefficient (Wildman–Crippen LogP) is 1.55. The van der Waals surface area contributed by atoms with Crippen LogP contribution in [0.2, 0.25) is 0 Å². The van der Waals surface area contributed by atoms with E-state index in [9.17, 15) is 18.0 Å². The number of hydrogen-bond acceptors (Lipinski definition) is 4. The van der Waals surface area contributed by atoms with Crippen LogP contribution in [0.3, 0.4) is 0 Å². The third-order valence-corrected chi connectivity index (χ3v) is 2.27. The van der Waals surface area contributed by atoms with Crippen LogP contribution in [0.25, 0.3) is 0 Å². The molecule has 1 aromatic rings. The Morgan fingerprint density at radius 3 is 2.47 bits per heavy atom. The van der Waals surface area contributed by atoms with Crippen LogP contribution in [0.4, 0.5) is 13.2 Å². The van der Waals surface area contributed by atoms with Gasteiger partial charge in [-0.25, -0.2) is 0 Å². The normalized spacial score (nSPS) is 15.2. The van der Waals surface area contributed by atoms with Crippen LogP contribution >= 0.6 is 0 Å². The summed E-state index contributed by atoms with van der Waals surface area (Å²) in [6, 6.07) is 1.16. The van der Waals surface area contributed by atoms with Crippen LogP contribution in [0.5, 0.6) is 5.75 Å². The van der Waals surface area contributed by atoms with Crippen LogP contribution < -0.4 is 10.5 Å². The van der Waals surface area contributed by atoms with E-state index in [-0.39, 0.29) is 11.3 Å². The van der Waals surface area contributed by atoms with E-state index in [1.807, 2.05) is 0 Å². The van der Waals surface area contributed by atoms with Crippen molar-refractivity contribution in [2.24, 2.45) is 5.73 Å². The third kappa shape index (κ3) is 2.55. The Hall–Kier alpha value is -1.63. The van der Waals surface area contributed by atoms with Gasteiger partial charge in [0, 0.05) is 11.8 Å². The van der Waals surface area contributed by atoms with Crippen molar-refractivity contribution in [1.29, 1.82) is 0 Å². The number of rotatable bonds is 3. The molecule has 4 nitrogen and oxygen atoms in total. The molecule has 94 valence electrons. The van der Waals surface area contributed by atoms with Gasteiger partial charge in [0.15, 0.2) is 11.3 Å². The lowest BCUT2D eigenvalue weighted by molar-refractivity contribution is -0.165. The van der Waals surface area contributed by atoms with Gasteiger partial charge < -0.3 is 10.5 Å². The maximum absolute atomic E-state index is 12.6. The molecule has 1 heterocycles. The van der Waals surface area contributed by atoms with Gasteiger partial charge >= 0.3 is 6.18 Å². The van der Waals surface area contributed by atoms with Crippen molar-refractivity contribution in [3.05, 3.63) is 24.0 Å². The van der Waals surface area contributed by atoms with E-state index < -0.39 is 17.5 Å². The number of nitrogens with two attached hydrogens (primary N) is 1. The first-order chi connectivity index (χ1) is 7.70. The molecule has 0 aliphatic heterocycles. The molecule has 0 radical (unpaired) electrons. The molecular formula is C10H11F3N2O2. The molecule has 0 amide bonds. The number of hydrogen-bond donors (Lipinski definition) is 1. The van der Waals surface area contributed by atoms with Crippen molar-refractivity contribution < 1.29 is 22.7 Å². The summed E-state index contributed by atoms with van der Waals surface area (Å²) in [5.41, 5.74) is 1.83. The second-order valence-electron chi connectivity index (χ2n) is 3.64. The maximum Gasteiger partial charge on any atom is 0.413 e. The number of pyridine rings is 1. The van der Waals surface area contributed by atoms with E-state index >= 15 is 0 Å². The molecule has 1 aromatic heterocycles. The molecule has 0 aliphatic rings. The highest BCUT2D eigenvalue weighted by molar-refractivity contribution is 6.03. The van der Waals surface area contributed by atoms with Crippen molar-refractivity contribution in [1.82, 2.24) is 4.98 Å². The van der Waals surface area contributed by atoms with Gasteiger partial charge in [0.05, 0.1) is 13.3 Å². The number of ketones is 1. The van der Waals surface area contributed by atoms with E-state index in [0.29, 0.717) is 6.92 Å². The molecule has 0 bridgehead atoms. The number of halogens is 3. The lowest BCUT2D eigenvalue weighted by Crippen LogP contribution is -2.57. The minimum atomic E-state index is -4.83. The summed E-state index contributed by atoms with van der Waals surface area (Å²) in [5, 5.41) is 0. The number of carbonyl (C=O) groups excluding carboxylic acids is 1. The molecule has 0 aromatic carbocycles. The molecule has 0 aliphatic carbocycles. The number of methoxy groups -OCH3 is 1. The standard InChI is InChI=1S/C10H11F3N2O2/c1-9(14,10(11,12)13)8(16)6-3-7(17-2)5-15-4-6/h3-5H,14H2,1-2H3. The summed E-state index contributed by atoms with van der Waals surface area (Å²) in [7, 11) is 1.32. The summed E-state index contributed by atoms with van der Waals surface area (Å²) < 4.78 is 42.4. The number of ether oxygens (including phenoxy) is 1. The number of Topliss-reactive ketones (excluding diaryl/α,β-unsaturated/α-hetero) is 1. The van der Waals surface area contributed by atoms with Crippen molar-refractivity contribution in [2.75, 3.05) is 7.11 Å². The molecule has 0 saturated heterocycles. The monoisotopic (exact) mass is 248 g/mol. The van der Waals surface area contributed by atoms with Crippen LogP contribution in [-0.2, 0) is 0 Å². The lowest BCUT2D eigenvalue weighted by atomic mass is 9.92. The van der Waals surface area contributed by atoms with Crippen molar-refractivity contribution >= 4 is 5.78 Å². The molecule has 1 unspecified atom stereocenters. The minimum absolute atomic E-state index is 0.189. The second-order valence-corrected chi connectivity index (χ2v) is 3.64. The Balaban J connectivity index is 3.12. The van der Waals surface area contributed by atoms with Gasteiger partial charge in [0.1, 0.15) is 5.75 Å². The molecule has 1 atom stereocenters. The molecule has 0 spiro atoms. The zero-order chi connectivity index (χ0) is 13.3. The zero-order valence-electron chi connectivity index (χ0n) is 9.21. The Labute approximate surface area is 95.6 Å². The van der Waals surface area contributed by atoms with E-state index in [1.165, 1.54) is 13.3 Å². The Bertz CT molecular complexity index is 430. The Morgan fingerprint density at radius 1 is 1.41 bits per heavy atom. The van der Waals surface area contributed by atoms with Crippen molar-refractivity contribution in [2.45, 2.75) is 18.6 Å². The van der Waals surface area contributed by atoms with Crippen LogP contribution in [0.15, 0.2) is 18.5 Å². The fourth-order valence-electron chi connectivity index (χ4n) is 1.08. The molecule has 1 rings (SSSR count). The second kappa shape index (κ2) is 4.33. The summed E-state index contributed by atoms with van der Waals surface area (Å²) in [6.45, 7) is 0.620. The maximum atomic E-state index is 12.6. The molecular weight excluding hydrogens is 237 g/mol. The number of carbonyl (C=O) groups is 1. The van der Waals surface area contributed by atoms with Gasteiger partial charge in [-0.15, -0.1) is 0 Å². The van der Waals surface area contributed by atoms with Crippen LogP contribution in [0.1, 0.15) is 17.3 Å². The van der Waals surface area contributed by atoms with Gasteiger partial charge in [-0.05, 0) is 13.0 Å². The number of aromatic nitrogens is 1. The fourth-order valence-corrected chi connectivity index (χ4v) is 1.08. The van der Waals surface area contributed by atoms with Crippen LogP contribution in [0, 0.1) is 0 Å². The number of nitrogens with zero attached hydrogens (tertiary/aromatic N) is 1. The summed E-state index contributed by atoms with van der Waals surface area (Å²) >= 11 is 0. The number of alkyl halides is 3. The predicted molar refractivity (Wildman–Crippen MR) is 53.8 cm³/mol. The topological polar surface area (TPSA) is 65.2 Å². The van der Waals surface area contributed by atoms with E-state index in [1.54, 1.807) is 0 Å². The lowest BCUT2D eigenvalue weighted by Gasteiger charge is -2.25. The highest BCUT2D eigenvalue weighted by Gasteiger charge is 2.53. The third-order valence-electron chi connectivity index (χ3n) is 2.27. The molecule has 0 fully saturated rings. The highest BCUT2D eigenvalue weighted by atomic mass is 19.4. The quantitative estimate of drug-likeness (QED) is 0.824. The molecule has 2 N–H and O–H groups in total. The van der Waals surface area contributed by atoms with E-state index in [0.717, 1.165) is 12.3 Å². The Morgan fingerprint density at radius 2 is 2.00 bits per heavy atom. The van der Waals surface area contributed by atoms with E-state index in [2.05, 4.69) is 4.98 Å². The SMILES string of the molecule is COc1cncc(C(=O)C(C)(N)C(F)(F)F)c1. The van der Waals surface area contributed by atoms with Crippen molar-refractivity contribution in [3.63, 3.8) is 0 Å². The first-order valence-electron chi connectivity index (χ1n) is 4.59. The zero-order valence-corrected chi connectivity index (χ0v) is 9.21. The highest BCUT2D eigenvalue weighted by Crippen LogP contribution is 2.31. The molecule has 7 heteroatoms. The fraction of sp³-hybridized carbons (Fsp3) is 0.400. The van der Waals surface area contributed by atoms with Gasteiger partial charge in [-0.2, -0.15) is 13.2 Å². The summed E-state index contributed by atoms with van der Waals surface area (Å²) in [6.07, 6.45) is -2.53. The smallest absolute Gasteiger partial charge is 0.413 e. The first-order valence-corrected chi connectivity index (χ1v) is 4.59. The average Bonchev–Trinajstić information content (AvgIpc) is 2.26. The van der Waals surface area contributed by atoms with Gasteiger partial charge in [-0.3, -0.25) is 9.78 Å². The summed E-state index contributed by atoms with van der Waals surface area (Å²) in [4.78, 5) is 15.2. The van der Waals surface area contributed by atoms with Crippen molar-refractivity contribution in [3.8, 4) is 5.75 Å². The average molecular weight is 248 g/mol. The summed E-state index contributed by atoms with van der Waals surface area (Å²) in [5.74, 6) is -1.06. The largest absolute Gasteiger partial charge is 0.495 e. The van der Waals surface area contributed by atoms with Gasteiger partial charge in [0.25, 0.3) is 0 Å². The first kappa shape index (κ1) is 13.4. The molecule has 0 saturated carbocycles. The van der Waals surface area contributed by atoms with E-state index in [4.69, 9.17) is 10.5 Å².